The number of hydrogen-bond donors (Lipinski definition) is 1. The molecule has 0 radical (unpaired) electrons. The first kappa shape index (κ1) is 4.17. The van der Waals surface area contributed by atoms with Crippen LogP contribution in [0, 0.1) is 23.6 Å². The van der Waals surface area contributed by atoms with E-state index in [1.807, 2.05) is 0 Å². The zero-order valence-electron chi connectivity index (χ0n) is 38.8. The fraction of sp³-hybridized carbons (Fsp3) is 0.667. The summed E-state index contributed by atoms with van der Waals surface area (Å²) >= 11 is 0. The Morgan fingerprint density at radius 2 is 1.52 bits per heavy atom. The Morgan fingerprint density at radius 3 is 2.24 bits per heavy atom. The van der Waals surface area contributed by atoms with E-state index >= 15 is 0 Å². The molecule has 1 heterocycles. The molecule has 0 aromatic heterocycles. The van der Waals surface area contributed by atoms with Crippen molar-refractivity contribution in [1.82, 2.24) is 5.31 Å². The highest BCUT2D eigenvalue weighted by atomic mass is 15.0. The van der Waals surface area contributed by atoms with E-state index in [1.54, 1.807) is 0 Å². The summed E-state index contributed by atoms with van der Waals surface area (Å²) in [4.78, 5) is 0. The molecule has 6 rings (SSSR count). The Balaban J connectivity index is 2.05. The summed E-state index contributed by atoms with van der Waals surface area (Å²) in [6, 6.07) is -3.19. The van der Waals surface area contributed by atoms with Gasteiger partial charge < -0.3 is 5.31 Å². The highest BCUT2D eigenvalue weighted by Gasteiger charge is 2.53. The molecule has 25 heavy (non-hydrogen) atoms. The van der Waals surface area contributed by atoms with Gasteiger partial charge in [0.05, 0.1) is 2.74 Å². The molecule has 1 aliphatic heterocycles. The maximum Gasteiger partial charge on any atom is 0.123 e. The van der Waals surface area contributed by atoms with Gasteiger partial charge in [-0.25, -0.2) is 0 Å². The maximum absolute atomic E-state index is 10.0. The van der Waals surface area contributed by atoms with Crippen molar-refractivity contribution in [1.29, 1.82) is 0 Å². The molecule has 7 atom stereocenters. The molecule has 0 amide bonds. The van der Waals surface area contributed by atoms with Crippen LogP contribution in [-0.2, 0) is 0 Å². The molecular formula is C24H31N. The van der Waals surface area contributed by atoms with Crippen LogP contribution in [0.15, 0.2) is 41.5 Å². The van der Waals surface area contributed by atoms with Crippen molar-refractivity contribution in [3.8, 4) is 0 Å². The lowest BCUT2D eigenvalue weighted by Crippen LogP contribution is -2.44. The smallest absolute Gasteiger partial charge is 0.123 e. The van der Waals surface area contributed by atoms with Crippen LogP contribution in [0.1, 0.15) is 103 Å². The van der Waals surface area contributed by atoms with Gasteiger partial charge in [0.1, 0.15) is 1.41 Å². The van der Waals surface area contributed by atoms with Crippen LogP contribution in [0.2, 0.25) is 1.41 Å². The molecule has 0 bridgehead atoms. The van der Waals surface area contributed by atoms with Gasteiger partial charge in [-0.2, -0.15) is 0 Å². The van der Waals surface area contributed by atoms with E-state index < -0.39 is 121 Å². The second-order valence-corrected chi connectivity index (χ2v) is 5.93. The predicted molar refractivity (Wildman–Crippen MR) is 102 cm³/mol. The first-order valence-corrected chi connectivity index (χ1v) is 7.86. The average molecular weight is 360 g/mol. The minimum Gasteiger partial charge on any atom is -0.304 e. The van der Waals surface area contributed by atoms with E-state index in [1.165, 1.54) is 6.07 Å². The molecule has 3 fully saturated rings. The standard InChI is InChI=1S/C24H31N/c1-2-6-15(7-3-1)16-12-13-17-18-8-4-10-21-23(18)24-19(20(17)14-16)9-5-11-22(24)25-21/h1-3,6-7,16-22,25H,4-5,8-14H2/i4D2,5D2,8D2,9D2,10D2,11D2,12D2,13D2,14D2,16D,17D,18D,19D,20D,21D,22D/hD. The Labute approximate surface area is 188 Å². The third-order valence-corrected chi connectivity index (χ3v) is 4.56. The number of nitrogens with one attached hydrogen (secondary N) is 1. The first-order chi connectivity index (χ1) is 22.2. The molecule has 1 heteroatoms. The minimum absolute atomic E-state index is 0.771. The summed E-state index contributed by atoms with van der Waals surface area (Å²) in [6.45, 7) is 0. The SMILES string of the molecule is [2H]N1C2([2H])C3=C4C1([2H])C([2H])([2H])C([2H])([2H])C([2H])([2H])C4([2H])C1([2H])C([2H])([2H])C([2H])(c4ccccc4)C([2H])([2H])C([2H])([2H])C1([2H])C3([2H])C([2H])([2H])C([2H])([2H])C2([2H])[2H]. The van der Waals surface area contributed by atoms with Gasteiger partial charge in [-0.15, -0.1) is 0 Å². The molecule has 5 aliphatic rings. The molecule has 7 unspecified atom stereocenters. The third kappa shape index (κ3) is 2.17. The summed E-state index contributed by atoms with van der Waals surface area (Å²) in [7, 11) is 0. The minimum atomic E-state index is -4.88. The predicted octanol–water partition coefficient (Wildman–Crippen LogP) is 5.44. The Morgan fingerprint density at radius 1 is 0.840 bits per heavy atom. The number of hydrogen-bond acceptors (Lipinski definition) is 1. The summed E-state index contributed by atoms with van der Waals surface area (Å²) < 4.78 is 239. The quantitative estimate of drug-likeness (QED) is 0.659. The summed E-state index contributed by atoms with van der Waals surface area (Å²) in [5.41, 5.74) is -4.78. The zero-order valence-corrected chi connectivity index (χ0v) is 12.8. The third-order valence-electron chi connectivity index (χ3n) is 4.56. The zero-order chi connectivity index (χ0) is 39.8. The summed E-state index contributed by atoms with van der Waals surface area (Å²) in [5, 5.41) is -0.771. The van der Waals surface area contributed by atoms with Crippen molar-refractivity contribution >= 4 is 0 Å². The van der Waals surface area contributed by atoms with Crippen LogP contribution in [0.3, 0.4) is 0 Å². The average Bonchev–Trinajstić information content (AvgIpc) is 3.21. The van der Waals surface area contributed by atoms with Crippen molar-refractivity contribution < 1.29 is 35.7 Å². The van der Waals surface area contributed by atoms with Crippen molar-refractivity contribution in [2.24, 2.45) is 23.6 Å². The van der Waals surface area contributed by atoms with Gasteiger partial charge >= 0.3 is 0 Å². The molecule has 1 nitrogen and oxygen atoms in total. The van der Waals surface area contributed by atoms with Crippen LogP contribution < -0.4 is 5.31 Å². The molecule has 1 aromatic carbocycles. The van der Waals surface area contributed by atoms with Gasteiger partial charge in [0, 0.05) is 43.6 Å². The molecule has 0 spiro atoms. The maximum atomic E-state index is 10.0. The molecule has 4 aliphatic carbocycles. The second kappa shape index (κ2) is 5.71. The van der Waals surface area contributed by atoms with E-state index in [4.69, 9.17) is 20.6 Å². The summed E-state index contributed by atoms with van der Waals surface area (Å²) in [6.07, 6.45) is -40.0. The lowest BCUT2D eigenvalue weighted by Gasteiger charge is -2.52. The Hall–Kier alpha value is -1.08. The van der Waals surface area contributed by atoms with E-state index in [-0.39, 0.29) is 0 Å². The molecule has 3 saturated carbocycles. The van der Waals surface area contributed by atoms with Crippen LogP contribution in [-0.4, -0.2) is 12.0 Å². The number of benzene rings is 1. The molecule has 1 N–H and O–H groups in total. The molecule has 0 saturated heterocycles. The summed E-state index contributed by atoms with van der Waals surface area (Å²) in [5.74, 6) is -22.9. The van der Waals surface area contributed by atoms with Crippen LogP contribution in [0.25, 0.3) is 0 Å². The van der Waals surface area contributed by atoms with Gasteiger partial charge in [-0.1, -0.05) is 43.1 Å². The van der Waals surface area contributed by atoms with Crippen LogP contribution >= 0.6 is 0 Å². The van der Waals surface area contributed by atoms with E-state index in [0.717, 1.165) is 24.3 Å². The second-order valence-electron chi connectivity index (χ2n) is 5.93. The normalized spacial score (nSPS) is 99.8. The van der Waals surface area contributed by atoms with Crippen molar-refractivity contribution in [3.05, 3.63) is 47.0 Å². The molecule has 132 valence electrons. The van der Waals surface area contributed by atoms with Gasteiger partial charge in [0.25, 0.3) is 0 Å². The van der Waals surface area contributed by atoms with Gasteiger partial charge in [-0.05, 0) is 90.8 Å². The van der Waals surface area contributed by atoms with Gasteiger partial charge in [-0.3, -0.25) is 0 Å². The lowest BCUT2D eigenvalue weighted by molar-refractivity contribution is 0.0813. The van der Waals surface area contributed by atoms with Crippen molar-refractivity contribution in [2.45, 2.75) is 75.3 Å². The molecule has 1 aromatic rings. The van der Waals surface area contributed by atoms with E-state index in [2.05, 4.69) is 0 Å². The number of rotatable bonds is 1. The lowest BCUT2D eigenvalue weighted by atomic mass is 9.52. The monoisotopic (exact) mass is 359 g/mol. The topological polar surface area (TPSA) is 12.0 Å². The van der Waals surface area contributed by atoms with Crippen molar-refractivity contribution in [2.75, 3.05) is 0 Å². The van der Waals surface area contributed by atoms with Gasteiger partial charge in [0.15, 0.2) is 0 Å². The first-order valence-electron chi connectivity index (χ1n) is 20.8. The highest BCUT2D eigenvalue weighted by Crippen LogP contribution is 2.60. The Kier molecular flexibility index (Phi) is 0.951. The van der Waals surface area contributed by atoms with Gasteiger partial charge in [0.2, 0.25) is 0 Å². The van der Waals surface area contributed by atoms with Crippen LogP contribution in [0.4, 0.5) is 0 Å². The fourth-order valence-electron chi connectivity index (χ4n) is 3.46. The molecular weight excluding hydrogens is 302 g/mol. The van der Waals surface area contributed by atoms with Crippen LogP contribution in [0.5, 0.6) is 0 Å². The van der Waals surface area contributed by atoms with Crippen molar-refractivity contribution in [3.63, 3.8) is 0 Å². The number of fused-ring (bicyclic) bond motifs is 3. The largest absolute Gasteiger partial charge is 0.304 e. The van der Waals surface area contributed by atoms with E-state index in [9.17, 15) is 15.1 Å². The fourth-order valence-corrected chi connectivity index (χ4v) is 3.46. The highest BCUT2D eigenvalue weighted by molar-refractivity contribution is 5.41. The Bertz CT molecular complexity index is 1790. The van der Waals surface area contributed by atoms with E-state index in [0.29, 0.717) is 0 Å².